The van der Waals surface area contributed by atoms with Crippen molar-refractivity contribution in [1.82, 2.24) is 9.78 Å². The van der Waals surface area contributed by atoms with Gasteiger partial charge in [0.25, 0.3) is 0 Å². The fraction of sp³-hybridized carbons (Fsp3) is 0.500. The van der Waals surface area contributed by atoms with Crippen LogP contribution in [0.25, 0.3) is 10.9 Å². The quantitative estimate of drug-likeness (QED) is 0.876. The van der Waals surface area contributed by atoms with E-state index in [1.807, 2.05) is 23.9 Å². The lowest BCUT2D eigenvalue weighted by molar-refractivity contribution is -0.0629. The van der Waals surface area contributed by atoms with E-state index in [4.69, 9.17) is 4.74 Å². The van der Waals surface area contributed by atoms with E-state index in [-0.39, 0.29) is 0 Å². The van der Waals surface area contributed by atoms with Gasteiger partial charge in [0, 0.05) is 32.1 Å². The van der Waals surface area contributed by atoms with Crippen LogP contribution in [0.3, 0.4) is 0 Å². The highest BCUT2D eigenvalue weighted by Gasteiger charge is 2.31. The number of nitrogens with zero attached hydrogens (tertiary/aromatic N) is 2. The fourth-order valence-corrected chi connectivity index (χ4v) is 2.66. The minimum atomic E-state index is -0.657. The molecule has 2 heterocycles. The zero-order valence-corrected chi connectivity index (χ0v) is 10.6. The van der Waals surface area contributed by atoms with Crippen molar-refractivity contribution in [2.75, 3.05) is 13.2 Å². The molecule has 1 fully saturated rings. The summed E-state index contributed by atoms with van der Waals surface area (Å²) in [5.74, 6) is 0. The number of aromatic nitrogens is 2. The highest BCUT2D eigenvalue weighted by atomic mass is 16.5. The van der Waals surface area contributed by atoms with Gasteiger partial charge in [-0.05, 0) is 18.9 Å². The van der Waals surface area contributed by atoms with Crippen molar-refractivity contribution in [2.24, 2.45) is 7.05 Å². The van der Waals surface area contributed by atoms with Gasteiger partial charge in [-0.15, -0.1) is 0 Å². The van der Waals surface area contributed by atoms with E-state index in [0.717, 1.165) is 16.6 Å². The van der Waals surface area contributed by atoms with E-state index >= 15 is 0 Å². The first-order valence-electron chi connectivity index (χ1n) is 6.39. The first kappa shape index (κ1) is 11.7. The fourth-order valence-electron chi connectivity index (χ4n) is 2.66. The second kappa shape index (κ2) is 4.37. The summed E-state index contributed by atoms with van der Waals surface area (Å²) < 4.78 is 7.19. The van der Waals surface area contributed by atoms with Crippen LogP contribution in [-0.4, -0.2) is 33.7 Å². The van der Waals surface area contributed by atoms with E-state index in [2.05, 4.69) is 17.2 Å². The number of ether oxygens (including phenoxy) is 1. The third-order valence-corrected chi connectivity index (χ3v) is 3.75. The van der Waals surface area contributed by atoms with E-state index in [9.17, 15) is 5.11 Å². The Morgan fingerprint density at radius 2 is 2.06 bits per heavy atom. The number of aryl methyl sites for hydroxylation is 1. The number of benzene rings is 1. The zero-order chi connectivity index (χ0) is 12.6. The maximum absolute atomic E-state index is 10.6. The zero-order valence-electron chi connectivity index (χ0n) is 10.6. The Morgan fingerprint density at radius 1 is 1.33 bits per heavy atom. The molecule has 96 valence electrons. The van der Waals surface area contributed by atoms with Crippen molar-refractivity contribution in [3.8, 4) is 0 Å². The summed E-state index contributed by atoms with van der Waals surface area (Å²) in [6.45, 7) is 1.28. The molecule has 1 aromatic heterocycles. The van der Waals surface area contributed by atoms with Crippen molar-refractivity contribution >= 4 is 10.9 Å². The lowest BCUT2D eigenvalue weighted by atomic mass is 9.88. The highest BCUT2D eigenvalue weighted by molar-refractivity contribution is 5.81. The molecular formula is C14H18N2O2. The van der Waals surface area contributed by atoms with Gasteiger partial charge in [0.2, 0.25) is 0 Å². The Bertz CT molecular complexity index is 556. The average Bonchev–Trinajstić information content (AvgIpc) is 2.67. The van der Waals surface area contributed by atoms with Gasteiger partial charge in [0.15, 0.2) is 0 Å². The second-order valence-electron chi connectivity index (χ2n) is 5.10. The summed E-state index contributed by atoms with van der Waals surface area (Å²) in [5.41, 5.74) is 1.44. The van der Waals surface area contributed by atoms with Crippen LogP contribution < -0.4 is 0 Å². The smallest absolute Gasteiger partial charge is 0.0747 e. The normalized spacial score (nSPS) is 19.2. The molecule has 0 saturated carbocycles. The lowest BCUT2D eigenvalue weighted by Crippen LogP contribution is -2.38. The summed E-state index contributed by atoms with van der Waals surface area (Å²) in [4.78, 5) is 0. The van der Waals surface area contributed by atoms with E-state index in [0.29, 0.717) is 32.5 Å². The summed E-state index contributed by atoms with van der Waals surface area (Å²) >= 11 is 0. The molecule has 1 aromatic carbocycles. The Balaban J connectivity index is 1.95. The van der Waals surface area contributed by atoms with Gasteiger partial charge < -0.3 is 9.84 Å². The molecular weight excluding hydrogens is 228 g/mol. The molecule has 1 saturated heterocycles. The van der Waals surface area contributed by atoms with Crippen LogP contribution in [0, 0.1) is 0 Å². The molecule has 0 unspecified atom stereocenters. The molecule has 0 atom stereocenters. The summed E-state index contributed by atoms with van der Waals surface area (Å²) in [6, 6.07) is 8.15. The van der Waals surface area contributed by atoms with Gasteiger partial charge in [-0.3, -0.25) is 4.68 Å². The monoisotopic (exact) mass is 246 g/mol. The molecule has 0 aliphatic carbocycles. The molecule has 0 bridgehead atoms. The van der Waals surface area contributed by atoms with Crippen molar-refractivity contribution in [1.29, 1.82) is 0 Å². The Morgan fingerprint density at radius 3 is 2.83 bits per heavy atom. The van der Waals surface area contributed by atoms with Crippen LogP contribution in [0.1, 0.15) is 18.5 Å². The largest absolute Gasteiger partial charge is 0.389 e. The summed E-state index contributed by atoms with van der Waals surface area (Å²) in [6.07, 6.45) is 1.99. The molecule has 4 heteroatoms. The summed E-state index contributed by atoms with van der Waals surface area (Å²) in [5, 5.41) is 16.2. The van der Waals surface area contributed by atoms with Crippen LogP contribution in [-0.2, 0) is 18.2 Å². The van der Waals surface area contributed by atoms with Crippen LogP contribution in [0.15, 0.2) is 24.3 Å². The number of para-hydroxylation sites is 1. The molecule has 2 aromatic rings. The van der Waals surface area contributed by atoms with Crippen molar-refractivity contribution in [3.63, 3.8) is 0 Å². The third-order valence-electron chi connectivity index (χ3n) is 3.75. The second-order valence-corrected chi connectivity index (χ2v) is 5.10. The van der Waals surface area contributed by atoms with Gasteiger partial charge in [-0.1, -0.05) is 18.2 Å². The maximum atomic E-state index is 10.6. The molecule has 18 heavy (non-hydrogen) atoms. The van der Waals surface area contributed by atoms with Gasteiger partial charge in [-0.2, -0.15) is 5.10 Å². The van der Waals surface area contributed by atoms with Gasteiger partial charge >= 0.3 is 0 Å². The first-order valence-corrected chi connectivity index (χ1v) is 6.39. The number of aliphatic hydroxyl groups is 1. The number of hydrogen-bond donors (Lipinski definition) is 1. The standard InChI is InChI=1S/C14H18N2O2/c1-16-13-5-3-2-4-11(13)12(15-16)10-14(17)6-8-18-9-7-14/h2-5,17H,6-10H2,1H3. The lowest BCUT2D eigenvalue weighted by Gasteiger charge is -2.31. The van der Waals surface area contributed by atoms with E-state index in [1.54, 1.807) is 0 Å². The number of fused-ring (bicyclic) bond motifs is 1. The minimum Gasteiger partial charge on any atom is -0.389 e. The third kappa shape index (κ3) is 2.02. The number of rotatable bonds is 2. The Labute approximate surface area is 106 Å². The summed E-state index contributed by atoms with van der Waals surface area (Å²) in [7, 11) is 1.94. The Kier molecular flexibility index (Phi) is 2.84. The van der Waals surface area contributed by atoms with Crippen molar-refractivity contribution in [2.45, 2.75) is 24.9 Å². The van der Waals surface area contributed by atoms with Crippen molar-refractivity contribution < 1.29 is 9.84 Å². The molecule has 3 rings (SSSR count). The topological polar surface area (TPSA) is 47.3 Å². The molecule has 1 aliphatic heterocycles. The Hall–Kier alpha value is -1.39. The molecule has 1 aliphatic rings. The SMILES string of the molecule is Cn1nc(CC2(O)CCOCC2)c2ccccc21. The average molecular weight is 246 g/mol. The predicted molar refractivity (Wildman–Crippen MR) is 69.4 cm³/mol. The molecule has 4 nitrogen and oxygen atoms in total. The van der Waals surface area contributed by atoms with E-state index in [1.165, 1.54) is 0 Å². The molecule has 0 radical (unpaired) electrons. The predicted octanol–water partition coefficient (Wildman–Crippen LogP) is 1.66. The van der Waals surface area contributed by atoms with Crippen LogP contribution in [0.4, 0.5) is 0 Å². The minimum absolute atomic E-state index is 0.609. The maximum Gasteiger partial charge on any atom is 0.0747 e. The first-order chi connectivity index (χ1) is 8.68. The number of hydrogen-bond acceptors (Lipinski definition) is 3. The van der Waals surface area contributed by atoms with Gasteiger partial charge in [-0.25, -0.2) is 0 Å². The molecule has 1 N–H and O–H groups in total. The van der Waals surface area contributed by atoms with Crippen LogP contribution >= 0.6 is 0 Å². The molecule has 0 spiro atoms. The van der Waals surface area contributed by atoms with Gasteiger partial charge in [0.05, 0.1) is 16.8 Å². The molecule has 0 amide bonds. The van der Waals surface area contributed by atoms with Crippen molar-refractivity contribution in [3.05, 3.63) is 30.0 Å². The van der Waals surface area contributed by atoms with Crippen LogP contribution in [0.2, 0.25) is 0 Å². The highest BCUT2D eigenvalue weighted by Crippen LogP contribution is 2.28. The van der Waals surface area contributed by atoms with E-state index < -0.39 is 5.60 Å². The van der Waals surface area contributed by atoms with Gasteiger partial charge in [0.1, 0.15) is 0 Å². The van der Waals surface area contributed by atoms with Crippen LogP contribution in [0.5, 0.6) is 0 Å².